The Labute approximate surface area is 363 Å². The molecule has 2 unspecified atom stereocenters. The van der Waals surface area contributed by atoms with Gasteiger partial charge in [0.2, 0.25) is 0 Å². The maximum atomic E-state index is 12.7. The third-order valence-electron chi connectivity index (χ3n) is 9.74. The molecule has 0 saturated carbocycles. The molecule has 59 heavy (non-hydrogen) atoms. The Balaban J connectivity index is 4.24. The number of quaternary nitrogens is 1. The SMILES string of the molecule is CC/C=C\C/C=C\C/C=C\C/C=C\CCCCCCCCCOCC(COP(=O)([O-])OCC[N+](C)(C)C)OC(=O)CCCCCCCCC/C=C\C/C=C\CCCCC. The number of carbonyl (C=O) groups excluding carboxylic acids is 1. The molecule has 0 saturated heterocycles. The Kier molecular flexibility index (Phi) is 41.1. The first-order valence-electron chi connectivity index (χ1n) is 23.7. The molecular weight excluding hydrogens is 758 g/mol. The molecule has 0 spiro atoms. The number of unbranched alkanes of at least 4 members (excludes halogenated alkanes) is 17. The molecule has 0 radical (unpaired) electrons. The summed E-state index contributed by atoms with van der Waals surface area (Å²) in [6.07, 6.45) is 54.8. The summed E-state index contributed by atoms with van der Waals surface area (Å²) in [5.74, 6) is -0.349. The first kappa shape index (κ1) is 56.9. The largest absolute Gasteiger partial charge is 0.756 e. The first-order valence-corrected chi connectivity index (χ1v) is 25.1. The minimum atomic E-state index is -4.54. The van der Waals surface area contributed by atoms with E-state index in [9.17, 15) is 14.3 Å². The molecule has 2 atom stereocenters. The van der Waals surface area contributed by atoms with Crippen LogP contribution in [0.4, 0.5) is 0 Å². The van der Waals surface area contributed by atoms with Gasteiger partial charge in [-0.15, -0.1) is 0 Å². The maximum Gasteiger partial charge on any atom is 0.306 e. The number of esters is 1. The van der Waals surface area contributed by atoms with Gasteiger partial charge in [0.05, 0.1) is 34.4 Å². The molecule has 0 aliphatic heterocycles. The fourth-order valence-electron chi connectivity index (χ4n) is 6.10. The van der Waals surface area contributed by atoms with Crippen molar-refractivity contribution >= 4 is 13.8 Å². The number of carbonyl (C=O) groups is 1. The molecule has 0 aromatic heterocycles. The Hall–Kier alpha value is -2.06. The molecule has 0 aliphatic carbocycles. The number of nitrogens with zero attached hydrogens (tertiary/aromatic N) is 1. The summed E-state index contributed by atoms with van der Waals surface area (Å²) in [6, 6.07) is 0. The van der Waals surface area contributed by atoms with Crippen LogP contribution in [-0.2, 0) is 27.9 Å². The van der Waals surface area contributed by atoms with E-state index in [0.717, 1.165) is 83.5 Å². The Morgan fingerprint density at radius 1 is 0.542 bits per heavy atom. The van der Waals surface area contributed by atoms with Gasteiger partial charge in [-0.05, 0) is 83.5 Å². The average molecular weight is 848 g/mol. The zero-order valence-corrected chi connectivity index (χ0v) is 39.6. The van der Waals surface area contributed by atoms with E-state index < -0.39 is 13.9 Å². The monoisotopic (exact) mass is 848 g/mol. The highest BCUT2D eigenvalue weighted by Gasteiger charge is 2.20. The minimum Gasteiger partial charge on any atom is -0.756 e. The van der Waals surface area contributed by atoms with E-state index in [1.807, 2.05) is 21.1 Å². The van der Waals surface area contributed by atoms with Crippen LogP contribution >= 0.6 is 7.82 Å². The van der Waals surface area contributed by atoms with Crippen LogP contribution in [0.1, 0.15) is 181 Å². The van der Waals surface area contributed by atoms with E-state index in [-0.39, 0.29) is 25.8 Å². The van der Waals surface area contributed by atoms with Gasteiger partial charge in [0.25, 0.3) is 7.82 Å². The standard InChI is InChI=1S/C50H90NO7P/c1-6-8-10-12-14-16-18-20-22-24-25-26-28-30-32-34-36-38-40-42-45-55-47-49(48-57-59(53,54)56-46-44-51(3,4)5)58-50(52)43-41-39-37-35-33-31-29-27-23-21-19-17-15-13-11-9-7-2/h8,10,14-17,20-23,25-26,49H,6-7,9,11-13,18-19,24,27-48H2,1-5H3/b10-8-,16-14-,17-15-,22-20-,23-21-,26-25-. The lowest BCUT2D eigenvalue weighted by molar-refractivity contribution is -0.870. The molecule has 0 N–H and O–H groups in total. The summed E-state index contributed by atoms with van der Waals surface area (Å²) in [5, 5.41) is 0. The molecular formula is C50H90NO7P. The van der Waals surface area contributed by atoms with Gasteiger partial charge in [0.15, 0.2) is 0 Å². The van der Waals surface area contributed by atoms with Crippen LogP contribution in [0.3, 0.4) is 0 Å². The predicted molar refractivity (Wildman–Crippen MR) is 249 cm³/mol. The number of allylic oxidation sites excluding steroid dienone is 12. The summed E-state index contributed by atoms with van der Waals surface area (Å²) in [7, 11) is 1.33. The quantitative estimate of drug-likeness (QED) is 0.0198. The molecule has 0 aromatic rings. The number of rotatable bonds is 43. The second-order valence-electron chi connectivity index (χ2n) is 16.7. The zero-order valence-electron chi connectivity index (χ0n) is 38.7. The molecule has 0 heterocycles. The van der Waals surface area contributed by atoms with Gasteiger partial charge in [-0.3, -0.25) is 9.36 Å². The van der Waals surface area contributed by atoms with E-state index in [2.05, 4.69) is 86.8 Å². The number of phosphoric ester groups is 1. The van der Waals surface area contributed by atoms with Crippen LogP contribution in [-0.4, -0.2) is 70.7 Å². The van der Waals surface area contributed by atoms with Crippen molar-refractivity contribution in [1.29, 1.82) is 0 Å². The summed E-state index contributed by atoms with van der Waals surface area (Å²) < 4.78 is 34.7. The Bertz CT molecular complexity index is 1170. The van der Waals surface area contributed by atoms with E-state index >= 15 is 0 Å². The number of phosphoric acid groups is 1. The van der Waals surface area contributed by atoms with Crippen molar-refractivity contribution in [2.24, 2.45) is 0 Å². The molecule has 0 bridgehead atoms. The van der Waals surface area contributed by atoms with Crippen molar-refractivity contribution in [3.8, 4) is 0 Å². The van der Waals surface area contributed by atoms with Crippen LogP contribution < -0.4 is 4.89 Å². The van der Waals surface area contributed by atoms with Crippen LogP contribution in [0.25, 0.3) is 0 Å². The van der Waals surface area contributed by atoms with Crippen molar-refractivity contribution in [2.45, 2.75) is 187 Å². The molecule has 0 amide bonds. The van der Waals surface area contributed by atoms with Gasteiger partial charge in [0.1, 0.15) is 19.3 Å². The number of hydrogen-bond donors (Lipinski definition) is 0. The van der Waals surface area contributed by atoms with E-state index in [1.54, 1.807) is 0 Å². The van der Waals surface area contributed by atoms with Crippen LogP contribution in [0, 0.1) is 0 Å². The topological polar surface area (TPSA) is 94.1 Å². The highest BCUT2D eigenvalue weighted by atomic mass is 31.2. The lowest BCUT2D eigenvalue weighted by atomic mass is 10.1. The van der Waals surface area contributed by atoms with Crippen LogP contribution in [0.2, 0.25) is 0 Å². The van der Waals surface area contributed by atoms with E-state index in [4.69, 9.17) is 18.5 Å². The van der Waals surface area contributed by atoms with E-state index in [1.165, 1.54) is 77.0 Å². The second-order valence-corrected chi connectivity index (χ2v) is 18.1. The van der Waals surface area contributed by atoms with Gasteiger partial charge < -0.3 is 27.9 Å². The van der Waals surface area contributed by atoms with Gasteiger partial charge in [0, 0.05) is 13.0 Å². The smallest absolute Gasteiger partial charge is 0.306 e. The molecule has 0 aliphatic rings. The second kappa shape index (κ2) is 42.6. The lowest BCUT2D eigenvalue weighted by Gasteiger charge is -2.28. The maximum absolute atomic E-state index is 12.7. The average Bonchev–Trinajstić information content (AvgIpc) is 3.19. The number of ether oxygens (including phenoxy) is 2. The van der Waals surface area contributed by atoms with Gasteiger partial charge in [-0.25, -0.2) is 0 Å². The lowest BCUT2D eigenvalue weighted by Crippen LogP contribution is -2.37. The minimum absolute atomic E-state index is 0.0185. The summed E-state index contributed by atoms with van der Waals surface area (Å²) >= 11 is 0. The number of hydrogen-bond acceptors (Lipinski definition) is 7. The van der Waals surface area contributed by atoms with Crippen LogP contribution in [0.5, 0.6) is 0 Å². The van der Waals surface area contributed by atoms with Crippen molar-refractivity contribution in [3.05, 3.63) is 72.9 Å². The van der Waals surface area contributed by atoms with Crippen LogP contribution in [0.15, 0.2) is 72.9 Å². The third kappa shape index (κ3) is 46.9. The van der Waals surface area contributed by atoms with E-state index in [0.29, 0.717) is 24.1 Å². The van der Waals surface area contributed by atoms with Crippen molar-refractivity contribution in [2.75, 3.05) is 54.1 Å². The van der Waals surface area contributed by atoms with Gasteiger partial charge in [-0.1, -0.05) is 164 Å². The number of likely N-dealkylation sites (N-methyl/N-ethyl adjacent to an activating group) is 1. The fraction of sp³-hybridized carbons (Fsp3) is 0.740. The Morgan fingerprint density at radius 3 is 1.47 bits per heavy atom. The van der Waals surface area contributed by atoms with Gasteiger partial charge in [-0.2, -0.15) is 0 Å². The molecule has 342 valence electrons. The third-order valence-corrected chi connectivity index (χ3v) is 10.7. The normalized spacial score (nSPS) is 14.3. The summed E-state index contributed by atoms with van der Waals surface area (Å²) in [6.45, 7) is 5.23. The van der Waals surface area contributed by atoms with Gasteiger partial charge >= 0.3 is 5.97 Å². The van der Waals surface area contributed by atoms with Crippen molar-refractivity contribution in [1.82, 2.24) is 0 Å². The fourth-order valence-corrected chi connectivity index (χ4v) is 6.82. The molecule has 0 fully saturated rings. The molecule has 9 heteroatoms. The predicted octanol–water partition coefficient (Wildman–Crippen LogP) is 13.6. The molecule has 0 rings (SSSR count). The summed E-state index contributed by atoms with van der Waals surface area (Å²) in [4.78, 5) is 25.1. The molecule has 0 aromatic carbocycles. The molecule has 8 nitrogen and oxygen atoms in total. The first-order chi connectivity index (χ1) is 28.6. The highest BCUT2D eigenvalue weighted by Crippen LogP contribution is 2.38. The highest BCUT2D eigenvalue weighted by molar-refractivity contribution is 7.45. The Morgan fingerprint density at radius 2 is 0.983 bits per heavy atom. The van der Waals surface area contributed by atoms with Crippen molar-refractivity contribution < 1.29 is 37.3 Å². The summed E-state index contributed by atoms with van der Waals surface area (Å²) in [5.41, 5.74) is 0. The zero-order chi connectivity index (χ0) is 43.4. The van der Waals surface area contributed by atoms with Crippen molar-refractivity contribution in [3.63, 3.8) is 0 Å².